The van der Waals surface area contributed by atoms with Gasteiger partial charge in [0.05, 0.1) is 0 Å². The number of hydrogen-bond acceptors (Lipinski definition) is 7. The second kappa shape index (κ2) is 2.51. The van der Waals surface area contributed by atoms with Crippen molar-refractivity contribution < 1.29 is 0 Å². The highest BCUT2D eigenvalue weighted by Crippen LogP contribution is 1.99. The number of aliphatic imine (C=N–C) groups is 1. The Kier molecular flexibility index (Phi) is 1.90. The maximum atomic E-state index is 5.49. The summed E-state index contributed by atoms with van der Waals surface area (Å²) in [5, 5.41) is 5.08. The normalized spacial score (nSPS) is 25.5. The fourth-order valence-corrected chi connectivity index (χ4v) is 0.926. The van der Waals surface area contributed by atoms with Crippen LogP contribution >= 0.6 is 0 Å². The summed E-state index contributed by atoms with van der Waals surface area (Å²) in [5.41, 5.74) is 21.9. The van der Waals surface area contributed by atoms with Gasteiger partial charge in [-0.3, -0.25) is 22.9 Å². The summed E-state index contributed by atoms with van der Waals surface area (Å²) in [6, 6.07) is 0. The fraction of sp³-hybridized carbons (Fsp3) is 0.400. The van der Waals surface area contributed by atoms with E-state index in [1.165, 1.54) is 6.08 Å². The molecule has 0 saturated carbocycles. The largest absolute Gasteiger partial charge is 0.327 e. The minimum absolute atomic E-state index is 0.351. The highest BCUT2D eigenvalue weighted by atomic mass is 15.5. The molecular weight excluding hydrogens is 158 g/mol. The maximum absolute atomic E-state index is 5.49. The van der Waals surface area contributed by atoms with Crippen molar-refractivity contribution in [3.8, 4) is 0 Å². The van der Waals surface area contributed by atoms with Crippen LogP contribution in [0.5, 0.6) is 0 Å². The smallest absolute Gasteiger partial charge is 0.223 e. The zero-order chi connectivity index (χ0) is 9.41. The molecule has 0 aromatic rings. The van der Waals surface area contributed by atoms with Crippen LogP contribution in [0, 0.1) is 0 Å². The summed E-state index contributed by atoms with van der Waals surface area (Å²) in [7, 11) is 0. The van der Waals surface area contributed by atoms with Crippen molar-refractivity contribution in [2.24, 2.45) is 27.9 Å². The van der Waals surface area contributed by atoms with Gasteiger partial charge in [0.1, 0.15) is 5.84 Å². The maximum Gasteiger partial charge on any atom is 0.223 e. The van der Waals surface area contributed by atoms with E-state index < -0.39 is 11.8 Å². The lowest BCUT2D eigenvalue weighted by Crippen LogP contribution is -2.83. The lowest BCUT2D eigenvalue weighted by atomic mass is 10.4. The summed E-state index contributed by atoms with van der Waals surface area (Å²) in [6.07, 6.45) is 1.42. The van der Waals surface area contributed by atoms with Crippen LogP contribution in [0.3, 0.4) is 0 Å². The van der Waals surface area contributed by atoms with Crippen molar-refractivity contribution in [3.63, 3.8) is 0 Å². The van der Waals surface area contributed by atoms with Crippen molar-refractivity contribution in [3.05, 3.63) is 12.7 Å². The molecule has 7 nitrogen and oxygen atoms in total. The number of nitrogens with one attached hydrogen (secondary N) is 2. The molecule has 12 heavy (non-hydrogen) atoms. The Morgan fingerprint density at radius 3 is 2.33 bits per heavy atom. The predicted octanol–water partition coefficient (Wildman–Crippen LogP) is -3.18. The van der Waals surface area contributed by atoms with Crippen LogP contribution < -0.4 is 33.6 Å². The number of rotatable bonds is 1. The van der Waals surface area contributed by atoms with Gasteiger partial charge >= 0.3 is 0 Å². The van der Waals surface area contributed by atoms with Crippen LogP contribution in [0.1, 0.15) is 0 Å². The zero-order valence-corrected chi connectivity index (χ0v) is 6.54. The Morgan fingerprint density at radius 1 is 1.33 bits per heavy atom. The van der Waals surface area contributed by atoms with Gasteiger partial charge < -0.3 is 5.32 Å². The van der Waals surface area contributed by atoms with E-state index in [2.05, 4.69) is 22.2 Å². The van der Waals surface area contributed by atoms with Gasteiger partial charge in [0.15, 0.2) is 0 Å². The molecule has 1 aliphatic heterocycles. The van der Waals surface area contributed by atoms with Gasteiger partial charge in [-0.1, -0.05) is 6.58 Å². The molecular formula is C5H13N7. The predicted molar refractivity (Wildman–Crippen MR) is 46.1 cm³/mol. The van der Waals surface area contributed by atoms with Gasteiger partial charge in [0.2, 0.25) is 11.8 Å². The lowest BCUT2D eigenvalue weighted by molar-refractivity contribution is 0.192. The molecule has 10 N–H and O–H groups in total. The molecule has 0 saturated heterocycles. The quantitative estimate of drug-likeness (QED) is 0.230. The number of hydrogen-bond donors (Lipinski definition) is 6. The second-order valence-electron chi connectivity index (χ2n) is 2.65. The third-order valence-corrected chi connectivity index (χ3v) is 1.24. The Hall–Kier alpha value is -0.990. The first-order chi connectivity index (χ1) is 5.35. The molecule has 0 amide bonds. The molecule has 0 aliphatic carbocycles. The molecule has 7 heteroatoms. The van der Waals surface area contributed by atoms with Gasteiger partial charge in [-0.2, -0.15) is 0 Å². The van der Waals surface area contributed by atoms with Gasteiger partial charge in [-0.05, 0) is 6.08 Å². The summed E-state index contributed by atoms with van der Waals surface area (Å²) in [4.78, 5) is 3.80. The molecule has 0 spiro atoms. The van der Waals surface area contributed by atoms with E-state index in [0.717, 1.165) is 0 Å². The third-order valence-electron chi connectivity index (χ3n) is 1.24. The standard InChI is InChI=1S/C5H13N7/c1-2-3-10-4(6,7)12-5(8,9)11-3/h2,12H,1,6-9H2,(H,10,11). The first-order valence-electron chi connectivity index (χ1n) is 3.30. The van der Waals surface area contributed by atoms with Gasteiger partial charge in [-0.15, -0.1) is 0 Å². The summed E-state index contributed by atoms with van der Waals surface area (Å²) in [5.74, 6) is -2.48. The summed E-state index contributed by atoms with van der Waals surface area (Å²) in [6.45, 7) is 3.47. The fourth-order valence-electron chi connectivity index (χ4n) is 0.926. The van der Waals surface area contributed by atoms with Crippen LogP contribution in [0.4, 0.5) is 0 Å². The van der Waals surface area contributed by atoms with Crippen LogP contribution in [0.2, 0.25) is 0 Å². The van der Waals surface area contributed by atoms with E-state index in [1.54, 1.807) is 0 Å². The highest BCUT2D eigenvalue weighted by molar-refractivity contribution is 5.93. The average Bonchev–Trinajstić information content (AvgIpc) is 1.80. The van der Waals surface area contributed by atoms with E-state index in [1.807, 2.05) is 0 Å². The Morgan fingerprint density at radius 2 is 1.92 bits per heavy atom. The minimum atomic E-state index is -1.46. The highest BCUT2D eigenvalue weighted by Gasteiger charge is 2.34. The SMILES string of the molecule is C=CC1=NC(N)(N)NC(N)(N)N1. The number of nitrogens with zero attached hydrogens (tertiary/aromatic N) is 1. The summed E-state index contributed by atoms with van der Waals surface area (Å²) >= 11 is 0. The Bertz CT molecular complexity index is 228. The van der Waals surface area contributed by atoms with Crippen molar-refractivity contribution in [2.45, 2.75) is 11.8 Å². The molecule has 1 rings (SSSR count). The van der Waals surface area contributed by atoms with Gasteiger partial charge in [-0.25, -0.2) is 10.3 Å². The van der Waals surface area contributed by atoms with Crippen LogP contribution in [0.25, 0.3) is 0 Å². The Labute approximate surface area is 69.9 Å². The van der Waals surface area contributed by atoms with E-state index in [0.29, 0.717) is 5.84 Å². The van der Waals surface area contributed by atoms with E-state index in [9.17, 15) is 0 Å². The molecule has 0 aromatic heterocycles. The van der Waals surface area contributed by atoms with Crippen molar-refractivity contribution in [2.75, 3.05) is 0 Å². The zero-order valence-electron chi connectivity index (χ0n) is 6.54. The molecule has 0 unspecified atom stereocenters. The number of amidine groups is 1. The second-order valence-corrected chi connectivity index (χ2v) is 2.65. The Balaban J connectivity index is 2.93. The molecule has 0 radical (unpaired) electrons. The first kappa shape index (κ1) is 9.10. The van der Waals surface area contributed by atoms with E-state index in [4.69, 9.17) is 22.9 Å². The molecule has 0 fully saturated rings. The number of nitrogens with two attached hydrogens (primary N) is 4. The van der Waals surface area contributed by atoms with E-state index in [-0.39, 0.29) is 0 Å². The van der Waals surface area contributed by atoms with E-state index >= 15 is 0 Å². The van der Waals surface area contributed by atoms with Crippen molar-refractivity contribution >= 4 is 5.84 Å². The van der Waals surface area contributed by atoms with Gasteiger partial charge in [0.25, 0.3) is 0 Å². The molecule has 0 bridgehead atoms. The molecule has 1 heterocycles. The third kappa shape index (κ3) is 2.00. The first-order valence-corrected chi connectivity index (χ1v) is 3.30. The topological polar surface area (TPSA) is 140 Å². The average molecular weight is 171 g/mol. The minimum Gasteiger partial charge on any atom is -0.327 e. The van der Waals surface area contributed by atoms with Crippen molar-refractivity contribution in [1.29, 1.82) is 0 Å². The lowest BCUT2D eigenvalue weighted by Gasteiger charge is -2.38. The molecule has 1 aliphatic rings. The molecule has 68 valence electrons. The monoisotopic (exact) mass is 171 g/mol. The molecule has 0 aromatic carbocycles. The van der Waals surface area contributed by atoms with Crippen LogP contribution in [-0.2, 0) is 0 Å². The molecule has 0 atom stereocenters. The van der Waals surface area contributed by atoms with Crippen LogP contribution in [-0.4, -0.2) is 17.7 Å². The summed E-state index contributed by atoms with van der Waals surface area (Å²) < 4.78 is 0. The van der Waals surface area contributed by atoms with Crippen molar-refractivity contribution in [1.82, 2.24) is 10.6 Å². The van der Waals surface area contributed by atoms with Crippen LogP contribution in [0.15, 0.2) is 17.6 Å². The van der Waals surface area contributed by atoms with Gasteiger partial charge in [0, 0.05) is 0 Å².